The molecule has 0 bridgehead atoms. The molecule has 1 unspecified atom stereocenters. The molecule has 0 aliphatic carbocycles. The third kappa shape index (κ3) is 8.53. The molecule has 0 radical (unpaired) electrons. The van der Waals surface area contributed by atoms with Crippen molar-refractivity contribution in [3.63, 3.8) is 0 Å². The lowest BCUT2D eigenvalue weighted by atomic mass is 9.99. The van der Waals surface area contributed by atoms with Crippen LogP contribution < -0.4 is 15.8 Å². The standard InChI is InChI=1S/C39H36F2N6O3S/c1-23(2)49-37-19-29(45-38(42)33-13-7-27(20-44-33)24(3)51)10-12-31(37)35-14-15-36(50-35)39(48)46-34(21-47-17-16-43-22-47)30-11-6-26(18-32(30)41)25-4-8-28(40)9-5-25/h4-20,22-24,34,51H,21H2,1-3H3,(H2,42,45)(H,46,48)/t24?,34-/m0/s1. The smallest absolute Gasteiger partial charge is 0.287 e. The predicted molar refractivity (Wildman–Crippen MR) is 196 cm³/mol. The normalized spacial score (nSPS) is 12.9. The van der Waals surface area contributed by atoms with Crippen molar-refractivity contribution in [2.24, 2.45) is 10.7 Å². The van der Waals surface area contributed by atoms with E-state index in [4.69, 9.17) is 14.9 Å². The van der Waals surface area contributed by atoms with E-state index in [9.17, 15) is 9.18 Å². The first-order valence-electron chi connectivity index (χ1n) is 16.3. The highest BCUT2D eigenvalue weighted by Gasteiger charge is 2.23. The first-order chi connectivity index (χ1) is 24.5. The Bertz CT molecular complexity index is 2150. The highest BCUT2D eigenvalue weighted by Crippen LogP contribution is 2.36. The number of pyridine rings is 1. The molecule has 0 aliphatic rings. The molecule has 3 N–H and O–H groups in total. The first-order valence-corrected chi connectivity index (χ1v) is 16.8. The highest BCUT2D eigenvalue weighted by atomic mass is 32.1. The van der Waals surface area contributed by atoms with Crippen molar-refractivity contribution in [1.29, 1.82) is 0 Å². The van der Waals surface area contributed by atoms with Crippen LogP contribution in [0.4, 0.5) is 14.5 Å². The van der Waals surface area contributed by atoms with E-state index >= 15 is 4.39 Å². The van der Waals surface area contributed by atoms with E-state index in [1.807, 2.05) is 26.8 Å². The van der Waals surface area contributed by atoms with Gasteiger partial charge in [0.2, 0.25) is 0 Å². The average Bonchev–Trinajstić information content (AvgIpc) is 3.81. The summed E-state index contributed by atoms with van der Waals surface area (Å²) in [5.41, 5.74) is 10.4. The average molecular weight is 707 g/mol. The highest BCUT2D eigenvalue weighted by molar-refractivity contribution is 7.80. The van der Waals surface area contributed by atoms with E-state index < -0.39 is 17.8 Å². The van der Waals surface area contributed by atoms with Gasteiger partial charge in [-0.25, -0.2) is 18.8 Å². The number of amides is 1. The van der Waals surface area contributed by atoms with Gasteiger partial charge in [0, 0.05) is 42.0 Å². The van der Waals surface area contributed by atoms with Crippen molar-refractivity contribution in [1.82, 2.24) is 19.9 Å². The number of rotatable bonds is 12. The molecule has 260 valence electrons. The van der Waals surface area contributed by atoms with Gasteiger partial charge in [0.25, 0.3) is 5.91 Å². The molecule has 9 nitrogen and oxygen atoms in total. The van der Waals surface area contributed by atoms with Gasteiger partial charge in [-0.15, -0.1) is 0 Å². The van der Waals surface area contributed by atoms with E-state index in [2.05, 4.69) is 32.9 Å². The zero-order chi connectivity index (χ0) is 36.1. The number of carbonyl (C=O) groups excluding carboxylic acids is 1. The van der Waals surface area contributed by atoms with Gasteiger partial charge in [-0.1, -0.05) is 30.3 Å². The van der Waals surface area contributed by atoms with Gasteiger partial charge in [-0.05, 0) is 86.0 Å². The number of benzene rings is 3. The third-order valence-corrected chi connectivity index (χ3v) is 8.31. The van der Waals surface area contributed by atoms with Crippen molar-refractivity contribution in [2.45, 2.75) is 44.7 Å². The fraction of sp³-hybridized carbons (Fsp3) is 0.179. The SMILES string of the molecule is CC(C)Oc1cc(N=C(N)c2ccc(C(C)S)cn2)ccc1-c1ccc(C(=O)N[C@@H](Cn2ccnc2)c2ccc(-c3ccc(F)cc3)cc2F)o1. The summed E-state index contributed by atoms with van der Waals surface area (Å²) in [5.74, 6) is -0.320. The molecule has 0 saturated carbocycles. The predicted octanol–water partition coefficient (Wildman–Crippen LogP) is 8.47. The largest absolute Gasteiger partial charge is 0.490 e. The molecule has 0 fully saturated rings. The van der Waals surface area contributed by atoms with Gasteiger partial charge in [-0.3, -0.25) is 9.78 Å². The lowest BCUT2D eigenvalue weighted by molar-refractivity contribution is 0.0904. The van der Waals surface area contributed by atoms with Gasteiger partial charge in [-0.2, -0.15) is 12.6 Å². The zero-order valence-corrected chi connectivity index (χ0v) is 29.0. The summed E-state index contributed by atoms with van der Waals surface area (Å²) in [6, 6.07) is 22.0. The topological polar surface area (TPSA) is 121 Å². The number of furan rings is 1. The monoisotopic (exact) mass is 706 g/mol. The number of nitrogens with two attached hydrogens (primary N) is 1. The Morgan fingerprint density at radius 3 is 2.45 bits per heavy atom. The van der Waals surface area contributed by atoms with Crippen LogP contribution in [0.1, 0.15) is 59.4 Å². The van der Waals surface area contributed by atoms with Crippen LogP contribution in [0, 0.1) is 11.6 Å². The maximum absolute atomic E-state index is 15.7. The maximum atomic E-state index is 15.7. The van der Waals surface area contributed by atoms with Crippen LogP contribution in [0.5, 0.6) is 5.75 Å². The Balaban J connectivity index is 1.24. The van der Waals surface area contributed by atoms with Crippen molar-refractivity contribution in [2.75, 3.05) is 0 Å². The summed E-state index contributed by atoms with van der Waals surface area (Å²) in [6.45, 7) is 5.96. The van der Waals surface area contributed by atoms with Crippen molar-refractivity contribution >= 4 is 30.1 Å². The molecule has 3 aromatic carbocycles. The Hall–Kier alpha value is -5.75. The lowest BCUT2D eigenvalue weighted by Crippen LogP contribution is -2.31. The fourth-order valence-corrected chi connectivity index (χ4v) is 5.58. The fourth-order valence-electron chi connectivity index (χ4n) is 5.43. The number of amidine groups is 1. The van der Waals surface area contributed by atoms with Crippen LogP contribution >= 0.6 is 12.6 Å². The van der Waals surface area contributed by atoms with Gasteiger partial charge in [0.1, 0.15) is 34.7 Å². The molecule has 51 heavy (non-hydrogen) atoms. The van der Waals surface area contributed by atoms with Gasteiger partial charge >= 0.3 is 0 Å². The number of hydrogen-bond acceptors (Lipinski definition) is 7. The minimum absolute atomic E-state index is 0.0239. The second-order valence-corrected chi connectivity index (χ2v) is 13.0. The molecule has 0 saturated heterocycles. The number of thiol groups is 1. The summed E-state index contributed by atoms with van der Waals surface area (Å²) < 4.78 is 43.0. The summed E-state index contributed by atoms with van der Waals surface area (Å²) in [5, 5.41) is 2.96. The van der Waals surface area contributed by atoms with Gasteiger partial charge < -0.3 is 24.8 Å². The quantitative estimate of drug-likeness (QED) is 0.0667. The number of hydrogen-bond donors (Lipinski definition) is 3. The minimum Gasteiger partial charge on any atom is -0.490 e. The summed E-state index contributed by atoms with van der Waals surface area (Å²) in [6.07, 6.45) is 6.46. The zero-order valence-electron chi connectivity index (χ0n) is 28.1. The van der Waals surface area contributed by atoms with E-state index in [0.717, 1.165) is 5.56 Å². The molecule has 12 heteroatoms. The van der Waals surface area contributed by atoms with Crippen LogP contribution in [0.3, 0.4) is 0 Å². The lowest BCUT2D eigenvalue weighted by Gasteiger charge is -2.20. The summed E-state index contributed by atoms with van der Waals surface area (Å²) >= 11 is 4.44. The van der Waals surface area contributed by atoms with Gasteiger partial charge in [0.05, 0.1) is 29.7 Å². The molecule has 0 spiro atoms. The number of imidazole rings is 1. The number of nitrogens with one attached hydrogen (secondary N) is 1. The Morgan fingerprint density at radius 2 is 1.78 bits per heavy atom. The first kappa shape index (κ1) is 35.1. The van der Waals surface area contributed by atoms with E-state index in [1.165, 1.54) is 18.2 Å². The number of aromatic nitrogens is 3. The minimum atomic E-state index is -0.781. The number of carbonyl (C=O) groups is 1. The van der Waals surface area contributed by atoms with Crippen LogP contribution in [0.15, 0.2) is 119 Å². The molecule has 2 atom stereocenters. The number of nitrogens with zero attached hydrogens (tertiary/aromatic N) is 4. The van der Waals surface area contributed by atoms with Crippen molar-refractivity contribution < 1.29 is 22.7 Å². The molecule has 3 aromatic heterocycles. The van der Waals surface area contributed by atoms with Crippen molar-refractivity contribution in [3.8, 4) is 28.2 Å². The third-order valence-electron chi connectivity index (χ3n) is 8.02. The van der Waals surface area contributed by atoms with E-state index in [0.29, 0.717) is 39.6 Å². The molecular weight excluding hydrogens is 671 g/mol. The Labute approximate surface area is 299 Å². The second kappa shape index (κ2) is 15.4. The van der Waals surface area contributed by atoms with Gasteiger partial charge in [0.15, 0.2) is 5.76 Å². The maximum Gasteiger partial charge on any atom is 0.287 e. The van der Waals surface area contributed by atoms with E-state index in [-0.39, 0.29) is 40.9 Å². The molecular formula is C39H36F2N6O3S. The second-order valence-electron chi connectivity index (χ2n) is 12.2. The van der Waals surface area contributed by atoms with Crippen LogP contribution in [-0.2, 0) is 6.54 Å². The molecule has 3 heterocycles. The molecule has 1 amide bonds. The Morgan fingerprint density at radius 1 is 1.00 bits per heavy atom. The molecule has 6 aromatic rings. The Kier molecular flexibility index (Phi) is 10.6. The molecule has 6 rings (SSSR count). The molecule has 0 aliphatic heterocycles. The summed E-state index contributed by atoms with van der Waals surface area (Å²) in [4.78, 5) is 26.6. The van der Waals surface area contributed by atoms with Crippen LogP contribution in [-0.4, -0.2) is 32.4 Å². The summed E-state index contributed by atoms with van der Waals surface area (Å²) in [7, 11) is 0. The van der Waals surface area contributed by atoms with Crippen LogP contribution in [0.2, 0.25) is 0 Å². The number of aliphatic imine (C=N–C) groups is 1. The number of ether oxygens (including phenoxy) is 1. The van der Waals surface area contributed by atoms with E-state index in [1.54, 1.807) is 90.1 Å². The van der Waals surface area contributed by atoms with Crippen molar-refractivity contribution in [3.05, 3.63) is 144 Å². The van der Waals surface area contributed by atoms with Crippen LogP contribution in [0.25, 0.3) is 22.5 Å². The number of halogens is 2.